The molecule has 31 heavy (non-hydrogen) atoms. The molecule has 1 aromatic carbocycles. The first-order valence-corrected chi connectivity index (χ1v) is 13.1. The lowest BCUT2D eigenvalue weighted by atomic mass is 10.1. The number of morpholine rings is 1. The highest BCUT2D eigenvalue weighted by molar-refractivity contribution is 7.89. The predicted octanol–water partition coefficient (Wildman–Crippen LogP) is 2.68. The number of hydrogen-bond donors (Lipinski definition) is 1. The van der Waals surface area contributed by atoms with Crippen LogP contribution in [0.3, 0.4) is 0 Å². The minimum atomic E-state index is -3.70. The van der Waals surface area contributed by atoms with Crippen molar-refractivity contribution in [2.24, 2.45) is 0 Å². The summed E-state index contributed by atoms with van der Waals surface area (Å²) in [5, 5.41) is 4.52. The summed E-state index contributed by atoms with van der Waals surface area (Å²) in [6.45, 7) is 5.01. The van der Waals surface area contributed by atoms with Crippen molar-refractivity contribution in [2.75, 3.05) is 39.4 Å². The van der Waals surface area contributed by atoms with Gasteiger partial charge in [-0.2, -0.15) is 4.31 Å². The highest BCUT2D eigenvalue weighted by Gasteiger charge is 2.31. The summed E-state index contributed by atoms with van der Waals surface area (Å²) in [6, 6.07) is 9.78. The van der Waals surface area contributed by atoms with Crippen molar-refractivity contribution in [2.45, 2.75) is 37.2 Å². The van der Waals surface area contributed by atoms with E-state index < -0.39 is 10.0 Å². The molecule has 2 fully saturated rings. The second-order valence-corrected chi connectivity index (χ2v) is 10.8. The molecule has 2 aromatic rings. The van der Waals surface area contributed by atoms with Crippen LogP contribution in [0.25, 0.3) is 0 Å². The highest BCUT2D eigenvalue weighted by Crippen LogP contribution is 2.26. The summed E-state index contributed by atoms with van der Waals surface area (Å²) in [4.78, 5) is 15.5. The average Bonchev–Trinajstić information content (AvgIpc) is 3.31. The molecule has 1 aromatic heterocycles. The number of carbonyl (C=O) groups is 1. The molecule has 7 nitrogen and oxygen atoms in total. The van der Waals surface area contributed by atoms with Crippen molar-refractivity contribution in [3.05, 3.63) is 51.7 Å². The number of thiophene rings is 1. The maximum atomic E-state index is 12.9. The van der Waals surface area contributed by atoms with Gasteiger partial charge in [0.05, 0.1) is 13.2 Å². The first kappa shape index (κ1) is 22.4. The van der Waals surface area contributed by atoms with Crippen LogP contribution < -0.4 is 5.32 Å². The number of likely N-dealkylation sites (tertiary alicyclic amines) is 1. The fourth-order valence-corrected chi connectivity index (χ4v) is 6.72. The number of sulfonamides is 1. The summed E-state index contributed by atoms with van der Waals surface area (Å²) in [7, 11) is -3.70. The first-order chi connectivity index (χ1) is 15.0. The smallest absolute Gasteiger partial charge is 0.263 e. The van der Waals surface area contributed by atoms with Crippen LogP contribution >= 0.6 is 11.3 Å². The van der Waals surface area contributed by atoms with E-state index >= 15 is 0 Å². The van der Waals surface area contributed by atoms with Crippen molar-refractivity contribution in [3.8, 4) is 0 Å². The number of rotatable bonds is 7. The Kier molecular flexibility index (Phi) is 7.39. The molecule has 0 unspecified atom stereocenters. The van der Waals surface area contributed by atoms with Gasteiger partial charge in [-0.15, -0.1) is 11.3 Å². The number of piperidine rings is 1. The second kappa shape index (κ2) is 10.2. The minimum absolute atomic E-state index is 0.0776. The van der Waals surface area contributed by atoms with Crippen LogP contribution in [0.1, 0.15) is 40.1 Å². The molecule has 0 aliphatic carbocycles. The lowest BCUT2D eigenvalue weighted by Crippen LogP contribution is -2.41. The van der Waals surface area contributed by atoms with Gasteiger partial charge >= 0.3 is 0 Å². The Balaban J connectivity index is 1.35. The summed E-state index contributed by atoms with van der Waals surface area (Å²) >= 11 is 1.15. The Labute approximate surface area is 188 Å². The van der Waals surface area contributed by atoms with E-state index in [4.69, 9.17) is 4.74 Å². The van der Waals surface area contributed by atoms with E-state index in [1.54, 1.807) is 5.38 Å². The van der Waals surface area contributed by atoms with Crippen molar-refractivity contribution in [1.82, 2.24) is 14.5 Å². The third-order valence-corrected chi connectivity index (χ3v) is 8.74. The van der Waals surface area contributed by atoms with Gasteiger partial charge in [0.1, 0.15) is 9.77 Å². The van der Waals surface area contributed by atoms with Crippen LogP contribution in [0, 0.1) is 0 Å². The molecule has 0 radical (unpaired) electrons. The van der Waals surface area contributed by atoms with Crippen molar-refractivity contribution >= 4 is 27.3 Å². The molecule has 0 atom stereocenters. The number of carbonyl (C=O) groups excluding carboxylic acids is 1. The first-order valence-electron chi connectivity index (χ1n) is 10.8. The van der Waals surface area contributed by atoms with E-state index in [0.29, 0.717) is 32.8 Å². The molecule has 2 aliphatic heterocycles. The molecule has 0 bridgehead atoms. The van der Waals surface area contributed by atoms with Crippen molar-refractivity contribution < 1.29 is 17.9 Å². The number of nitrogens with one attached hydrogen (secondary N) is 1. The SMILES string of the molecule is O=C(NCc1ccc(CN2CCCCC2)cc1)c1sccc1S(=O)(=O)N1CCOCC1. The van der Waals surface area contributed by atoms with E-state index in [1.807, 2.05) is 12.1 Å². The van der Waals surface area contributed by atoms with Crippen LogP contribution in [0.15, 0.2) is 40.6 Å². The Morgan fingerprint density at radius 3 is 2.35 bits per heavy atom. The molecule has 4 rings (SSSR count). The van der Waals surface area contributed by atoms with E-state index in [0.717, 1.165) is 36.5 Å². The number of ether oxygens (including phenoxy) is 1. The van der Waals surface area contributed by atoms with E-state index in [1.165, 1.54) is 35.2 Å². The van der Waals surface area contributed by atoms with Gasteiger partial charge in [-0.1, -0.05) is 30.7 Å². The Bertz CT molecular complexity index is 976. The maximum absolute atomic E-state index is 12.9. The fraction of sp³-hybridized carbons (Fsp3) is 0.500. The fourth-order valence-electron chi connectivity index (χ4n) is 3.99. The molecule has 9 heteroatoms. The molecule has 168 valence electrons. The number of amides is 1. The zero-order chi connectivity index (χ0) is 21.7. The number of benzene rings is 1. The molecular weight excluding hydrogens is 434 g/mol. The molecule has 1 amide bonds. The summed E-state index contributed by atoms with van der Waals surface area (Å²) in [5.41, 5.74) is 2.26. The average molecular weight is 464 g/mol. The molecular formula is C22H29N3O4S2. The number of nitrogens with zero attached hydrogens (tertiary/aromatic N) is 2. The second-order valence-electron chi connectivity index (χ2n) is 7.97. The Morgan fingerprint density at radius 1 is 0.968 bits per heavy atom. The molecule has 0 saturated carbocycles. The lowest BCUT2D eigenvalue weighted by molar-refractivity contribution is 0.0730. The van der Waals surface area contributed by atoms with Gasteiger partial charge in [0.25, 0.3) is 5.91 Å². The van der Waals surface area contributed by atoms with Crippen LogP contribution in [0.4, 0.5) is 0 Å². The highest BCUT2D eigenvalue weighted by atomic mass is 32.2. The van der Waals surface area contributed by atoms with Crippen LogP contribution in [-0.4, -0.2) is 62.9 Å². The van der Waals surface area contributed by atoms with Gasteiger partial charge in [-0.3, -0.25) is 9.69 Å². The van der Waals surface area contributed by atoms with Gasteiger partial charge in [-0.25, -0.2) is 8.42 Å². The van der Waals surface area contributed by atoms with Gasteiger partial charge in [-0.05, 0) is 48.5 Å². The van der Waals surface area contributed by atoms with E-state index in [2.05, 4.69) is 22.3 Å². The van der Waals surface area contributed by atoms with Crippen LogP contribution in [0.2, 0.25) is 0 Å². The predicted molar refractivity (Wildman–Crippen MR) is 121 cm³/mol. The van der Waals surface area contributed by atoms with Gasteiger partial charge in [0.2, 0.25) is 10.0 Å². The maximum Gasteiger partial charge on any atom is 0.263 e. The number of hydrogen-bond acceptors (Lipinski definition) is 6. The monoisotopic (exact) mass is 463 g/mol. The largest absolute Gasteiger partial charge is 0.379 e. The molecule has 2 saturated heterocycles. The lowest BCUT2D eigenvalue weighted by Gasteiger charge is -2.26. The van der Waals surface area contributed by atoms with Crippen LogP contribution in [0.5, 0.6) is 0 Å². The molecule has 0 spiro atoms. The van der Waals surface area contributed by atoms with Gasteiger partial charge < -0.3 is 10.1 Å². The topological polar surface area (TPSA) is 79.0 Å². The van der Waals surface area contributed by atoms with E-state index in [-0.39, 0.29) is 15.7 Å². The zero-order valence-corrected chi connectivity index (χ0v) is 19.2. The van der Waals surface area contributed by atoms with Gasteiger partial charge in [0.15, 0.2) is 0 Å². The molecule has 2 aliphatic rings. The Hall–Kier alpha value is -1.78. The van der Waals surface area contributed by atoms with Crippen LogP contribution in [-0.2, 0) is 27.8 Å². The van der Waals surface area contributed by atoms with Crippen molar-refractivity contribution in [1.29, 1.82) is 0 Å². The quantitative estimate of drug-likeness (QED) is 0.683. The standard InChI is InChI=1S/C22H29N3O4S2/c26-22(21-20(8-15-30-21)31(27,28)25-11-13-29-14-12-25)23-16-18-4-6-19(7-5-18)17-24-9-2-1-3-10-24/h4-8,15H,1-3,9-14,16-17H2,(H,23,26). The van der Waals surface area contributed by atoms with E-state index in [9.17, 15) is 13.2 Å². The zero-order valence-electron chi connectivity index (χ0n) is 17.6. The normalized spacial score (nSPS) is 18.7. The summed E-state index contributed by atoms with van der Waals surface area (Å²) in [6.07, 6.45) is 3.88. The van der Waals surface area contributed by atoms with Gasteiger partial charge in [0, 0.05) is 26.2 Å². The third kappa shape index (κ3) is 5.53. The molecule has 1 N–H and O–H groups in total. The summed E-state index contributed by atoms with van der Waals surface area (Å²) < 4.78 is 32.5. The third-order valence-electron chi connectivity index (χ3n) is 5.75. The minimum Gasteiger partial charge on any atom is -0.379 e. The molecule has 3 heterocycles. The summed E-state index contributed by atoms with van der Waals surface area (Å²) in [5.74, 6) is -0.362. The van der Waals surface area contributed by atoms with Crippen molar-refractivity contribution in [3.63, 3.8) is 0 Å². The Morgan fingerprint density at radius 2 is 1.65 bits per heavy atom.